The van der Waals surface area contributed by atoms with E-state index in [1.54, 1.807) is 70.2 Å². The molecule has 0 radical (unpaired) electrons. The Kier molecular flexibility index (Phi) is 34.8. The fourth-order valence-electron chi connectivity index (χ4n) is 10.3. The molecule has 4 aromatic rings. The molecule has 13 N–H and O–H groups in total. The maximum Gasteiger partial charge on any atom is 0.323 e. The molecule has 4 amide bonds. The number of nitrogens with zero attached hydrogens (tertiary/aromatic N) is 7. The van der Waals surface area contributed by atoms with Crippen molar-refractivity contribution in [1.82, 2.24) is 65.3 Å². The first-order chi connectivity index (χ1) is 45.6. The molecule has 1 saturated heterocycles. The molecule has 34 heteroatoms. The smallest absolute Gasteiger partial charge is 0.323 e. The average molecular weight is 1360 g/mol. The summed E-state index contributed by atoms with van der Waals surface area (Å²) >= 11 is 0. The summed E-state index contributed by atoms with van der Waals surface area (Å²) in [5.41, 5.74) is 7.35. The Labute approximate surface area is 552 Å². The van der Waals surface area contributed by atoms with E-state index >= 15 is 0 Å². The van der Waals surface area contributed by atoms with Crippen LogP contribution in [0.25, 0.3) is 10.9 Å². The van der Waals surface area contributed by atoms with E-state index in [4.69, 9.17) is 24.7 Å². The van der Waals surface area contributed by atoms with E-state index in [9.17, 15) is 67.2 Å². The number of hydrogen-bond acceptors (Lipinski definition) is 22. The molecule has 2 aromatic carbocycles. The highest BCUT2D eigenvalue weighted by atomic mass is 32.2. The van der Waals surface area contributed by atoms with E-state index in [0.29, 0.717) is 133 Å². The molecule has 33 nitrogen and oxygen atoms in total. The molecule has 3 heterocycles. The van der Waals surface area contributed by atoms with Crippen molar-refractivity contribution in [3.63, 3.8) is 0 Å². The van der Waals surface area contributed by atoms with Crippen LogP contribution in [0.3, 0.4) is 0 Å². The molecule has 95 heavy (non-hydrogen) atoms. The van der Waals surface area contributed by atoms with Crippen LogP contribution in [0, 0.1) is 13.8 Å². The van der Waals surface area contributed by atoms with E-state index in [1.165, 1.54) is 12.1 Å². The number of rotatable bonds is 45. The second-order valence-corrected chi connectivity index (χ2v) is 24.4. The monoisotopic (exact) mass is 1360 g/mol. The minimum Gasteiger partial charge on any atom is -0.494 e. The fraction of sp³-hybridized carbons (Fsp3) is 0.607. The van der Waals surface area contributed by atoms with Crippen molar-refractivity contribution in [2.45, 2.75) is 88.7 Å². The zero-order chi connectivity index (χ0) is 69.0. The lowest BCUT2D eigenvalue weighted by molar-refractivity contribution is -0.140. The normalized spacial score (nSPS) is 14.6. The molecule has 1 fully saturated rings. The first-order valence-electron chi connectivity index (χ1n) is 31.9. The molecule has 0 saturated carbocycles. The number of carbonyl (C=O) groups excluding carboxylic acids is 4. The number of nitrogens with one attached hydrogen (secondary N) is 7. The minimum atomic E-state index is -4.40. The minimum absolute atomic E-state index is 0.131. The molecule has 5 rings (SSSR count). The van der Waals surface area contributed by atoms with Crippen molar-refractivity contribution in [2.24, 2.45) is 5.73 Å². The van der Waals surface area contributed by atoms with Gasteiger partial charge in [0.2, 0.25) is 27.7 Å². The summed E-state index contributed by atoms with van der Waals surface area (Å²) in [6, 6.07) is 5.44. The Balaban J connectivity index is 0.896. The summed E-state index contributed by atoms with van der Waals surface area (Å²) in [5, 5.41) is 57.9. The highest BCUT2D eigenvalue weighted by molar-refractivity contribution is 7.89. The first kappa shape index (κ1) is 77.8. The van der Waals surface area contributed by atoms with Gasteiger partial charge in [-0.15, -0.1) is 0 Å². The van der Waals surface area contributed by atoms with Crippen LogP contribution in [0.5, 0.6) is 5.75 Å². The second kappa shape index (κ2) is 42.5. The van der Waals surface area contributed by atoms with Gasteiger partial charge in [0.25, 0.3) is 5.91 Å². The number of aliphatic carboxylic acids is 4. The zero-order valence-corrected chi connectivity index (χ0v) is 55.0. The summed E-state index contributed by atoms with van der Waals surface area (Å²) in [7, 11) is -4.40. The standard InChI is InChI=1S/C61H95N15O18S/c1-44-35-48(36-45(2)57(44)95(89,90)71-50(60(87)88)39-68-58(85)46-11-12-51-47(37-46)38-69-76(51)19-6-14-65-61-66-17-18-67-61)94-30-5-10-52(77)63-15-7-28-91-31-33-93-34-32-92-29-8-16-64-59(86)49(9-3-4-13-62)70-53(78)40-72-20-22-73(41-54(79)80)24-26-75(43-56(83)84)27-25-74(23-21-72)42-55(81)82/h11-12,17-18,35-38,49-50,71H,3-10,13-16,19-34,39-43,62H2,1-2H3,(H,63,77)(H,64,86)(H,68,85)(H,70,78)(H,79,80)(H,81,82)(H,83,84)(H,87,88)(H2,65,66,67)/t49-,50?/m1/s1. The molecule has 0 bridgehead atoms. The number of hydrogen-bond donors (Lipinski definition) is 12. The highest BCUT2D eigenvalue weighted by Crippen LogP contribution is 2.26. The molecule has 0 spiro atoms. The number of benzene rings is 2. The SMILES string of the molecule is Cc1cc(OCCCC(=O)NCCCOCCOCCOCCCNC(=O)[C@@H](CCCCN)NC(=O)CN2CCN(CC(=O)O)CCN(CC(=O)O)CCN(CC(=O)O)CC2)cc(C)c1S(=O)(=O)NC(CNC(=O)c1ccc2c(cnn2CCCNc2ncc[nH]2)c1)C(=O)O. The number of aromatic amines is 1. The quantitative estimate of drug-likeness (QED) is 0.0245. The van der Waals surface area contributed by atoms with Gasteiger partial charge in [-0.1, -0.05) is 0 Å². The fourth-order valence-corrected chi connectivity index (χ4v) is 11.9. The van der Waals surface area contributed by atoms with E-state index in [-0.39, 0.29) is 120 Å². The lowest BCUT2D eigenvalue weighted by atomic mass is 10.1. The van der Waals surface area contributed by atoms with Crippen molar-refractivity contribution in [2.75, 3.05) is 163 Å². The summed E-state index contributed by atoms with van der Waals surface area (Å²) < 4.78 is 54.0. The lowest BCUT2D eigenvalue weighted by Gasteiger charge is -2.33. The number of aromatic nitrogens is 4. The van der Waals surface area contributed by atoms with Gasteiger partial charge in [-0.3, -0.25) is 62.6 Å². The van der Waals surface area contributed by atoms with Crippen molar-refractivity contribution in [3.8, 4) is 5.75 Å². The number of fused-ring (bicyclic) bond motifs is 1. The molecule has 2 aromatic heterocycles. The Morgan fingerprint density at radius 2 is 1.21 bits per heavy atom. The van der Waals surface area contributed by atoms with Crippen LogP contribution < -0.4 is 41.8 Å². The van der Waals surface area contributed by atoms with Crippen LogP contribution in [0.2, 0.25) is 0 Å². The maximum absolute atomic E-state index is 13.6. The van der Waals surface area contributed by atoms with Crippen LogP contribution in [0.15, 0.2) is 53.8 Å². The topological polar surface area (TPSA) is 446 Å². The number of amides is 4. The third kappa shape index (κ3) is 30.1. The largest absolute Gasteiger partial charge is 0.494 e. The predicted molar refractivity (Wildman–Crippen MR) is 347 cm³/mol. The van der Waals surface area contributed by atoms with E-state index in [0.717, 1.165) is 11.9 Å². The van der Waals surface area contributed by atoms with E-state index < -0.39 is 64.3 Å². The van der Waals surface area contributed by atoms with Gasteiger partial charge in [0, 0.05) is 128 Å². The van der Waals surface area contributed by atoms with Gasteiger partial charge in [-0.05, 0) is 107 Å². The van der Waals surface area contributed by atoms with Crippen LogP contribution in [0.4, 0.5) is 5.95 Å². The Morgan fingerprint density at radius 3 is 1.76 bits per heavy atom. The van der Waals surface area contributed by atoms with E-state index in [2.05, 4.69) is 46.4 Å². The number of carboxylic acids is 4. The van der Waals surface area contributed by atoms with Gasteiger partial charge >= 0.3 is 23.9 Å². The molecule has 2 atom stereocenters. The number of carbonyl (C=O) groups is 8. The van der Waals surface area contributed by atoms with Crippen molar-refractivity contribution in [1.29, 1.82) is 0 Å². The number of imidazole rings is 1. The predicted octanol–water partition coefficient (Wildman–Crippen LogP) is -0.649. The Bertz CT molecular complexity index is 3120. The van der Waals surface area contributed by atoms with Crippen molar-refractivity contribution < 1.29 is 86.1 Å². The number of aryl methyl sites for hydroxylation is 3. The third-order valence-corrected chi connectivity index (χ3v) is 16.9. The Hall–Kier alpha value is -7.93. The average Bonchev–Trinajstić information content (AvgIpc) is 1.32. The second-order valence-electron chi connectivity index (χ2n) is 22.8. The highest BCUT2D eigenvalue weighted by Gasteiger charge is 2.30. The summed E-state index contributed by atoms with van der Waals surface area (Å²) in [4.78, 5) is 113. The van der Waals surface area contributed by atoms with Gasteiger partial charge in [0.1, 0.15) is 17.8 Å². The van der Waals surface area contributed by atoms with Gasteiger partial charge in [-0.25, -0.2) is 13.4 Å². The first-order valence-corrected chi connectivity index (χ1v) is 33.4. The maximum atomic E-state index is 13.6. The van der Waals surface area contributed by atoms with Gasteiger partial charge in [0.05, 0.1) is 75.8 Å². The number of anilines is 1. The van der Waals surface area contributed by atoms with E-state index in [1.807, 2.05) is 4.68 Å². The zero-order valence-electron chi connectivity index (χ0n) is 54.2. The molecule has 1 unspecified atom stereocenters. The van der Waals surface area contributed by atoms with Crippen molar-refractivity contribution >= 4 is 74.4 Å². The summed E-state index contributed by atoms with van der Waals surface area (Å²) in [6.07, 6.45) is 8.93. The van der Waals surface area contributed by atoms with Gasteiger partial charge < -0.3 is 76.7 Å². The summed E-state index contributed by atoms with van der Waals surface area (Å²) in [5.74, 6) is -5.22. The van der Waals surface area contributed by atoms with Crippen LogP contribution in [-0.4, -0.2) is 285 Å². The molecule has 1 aliphatic heterocycles. The number of carboxylic acid groups (broad SMARTS) is 4. The number of unbranched alkanes of at least 4 members (excludes halogenated alkanes) is 1. The van der Waals surface area contributed by atoms with Crippen molar-refractivity contribution in [3.05, 3.63) is 65.6 Å². The van der Waals surface area contributed by atoms with Crippen LogP contribution in [-0.2, 0) is 64.3 Å². The Morgan fingerprint density at radius 1 is 0.642 bits per heavy atom. The number of nitrogens with two attached hydrogens (primary N) is 1. The van der Waals surface area contributed by atoms with Crippen LogP contribution in [0.1, 0.15) is 72.9 Å². The molecular weight excluding hydrogens is 1260 g/mol. The third-order valence-electron chi connectivity index (χ3n) is 15.1. The number of ether oxygens (including phenoxy) is 4. The molecule has 1 aliphatic rings. The molecule has 528 valence electrons. The van der Waals surface area contributed by atoms with Gasteiger partial charge in [0.15, 0.2) is 5.95 Å². The molecule has 0 aliphatic carbocycles. The molecular formula is C61H95N15O18S. The summed E-state index contributed by atoms with van der Waals surface area (Å²) in [6.45, 7) is 7.99. The van der Waals surface area contributed by atoms with Crippen LogP contribution >= 0.6 is 0 Å². The van der Waals surface area contributed by atoms with Gasteiger partial charge in [-0.2, -0.15) is 9.82 Å². The number of sulfonamides is 1. The number of H-pyrrole nitrogens is 1. The lowest BCUT2D eigenvalue weighted by Crippen LogP contribution is -2.52.